The van der Waals surface area contributed by atoms with Crippen LogP contribution in [0, 0.1) is 5.92 Å². The Bertz CT molecular complexity index is 904. The summed E-state index contributed by atoms with van der Waals surface area (Å²) in [4.78, 5) is 17.3. The van der Waals surface area contributed by atoms with Gasteiger partial charge < -0.3 is 4.74 Å². The number of nitrogens with zero attached hydrogens (tertiary/aromatic N) is 3. The number of carbonyl (C=O) groups excluding carboxylic acids is 1. The third-order valence-corrected chi connectivity index (χ3v) is 4.78. The van der Waals surface area contributed by atoms with Crippen molar-refractivity contribution >= 4 is 29.3 Å². The molecular weight excluding hydrogens is 324 g/mol. The molecule has 24 heavy (non-hydrogen) atoms. The van der Waals surface area contributed by atoms with E-state index in [0.717, 1.165) is 28.5 Å². The molecule has 0 saturated heterocycles. The molecule has 0 unspecified atom stereocenters. The van der Waals surface area contributed by atoms with Gasteiger partial charge in [0.25, 0.3) is 0 Å². The van der Waals surface area contributed by atoms with E-state index in [9.17, 15) is 4.79 Å². The van der Waals surface area contributed by atoms with Gasteiger partial charge in [-0.05, 0) is 43.2 Å². The molecule has 1 saturated carbocycles. The maximum Gasteiger partial charge on any atom is 0.249 e. The van der Waals surface area contributed by atoms with E-state index in [0.29, 0.717) is 11.6 Å². The van der Waals surface area contributed by atoms with E-state index in [4.69, 9.17) is 4.74 Å². The van der Waals surface area contributed by atoms with Crippen LogP contribution in [0.1, 0.15) is 12.8 Å². The Hall–Kier alpha value is -2.54. The van der Waals surface area contributed by atoms with Crippen molar-refractivity contribution in [2.24, 2.45) is 5.92 Å². The van der Waals surface area contributed by atoms with Crippen molar-refractivity contribution in [3.05, 3.63) is 42.5 Å². The largest absolute Gasteiger partial charge is 0.497 e. The first kappa shape index (κ1) is 15.0. The molecule has 0 bridgehead atoms. The van der Waals surface area contributed by atoms with Crippen LogP contribution in [0.2, 0.25) is 0 Å². The van der Waals surface area contributed by atoms with Crippen LogP contribution in [-0.4, -0.2) is 27.6 Å². The Kier molecular flexibility index (Phi) is 3.86. The zero-order chi connectivity index (χ0) is 16.5. The van der Waals surface area contributed by atoms with Crippen LogP contribution in [-0.2, 0) is 4.79 Å². The van der Waals surface area contributed by atoms with Crippen molar-refractivity contribution in [3.8, 4) is 5.75 Å². The molecule has 2 aromatic heterocycles. The minimum absolute atomic E-state index is 0.00732. The SMILES string of the molecule is COc1cccc(Sc2cccc3nc(NC(=O)C4CC4)nn23)c1. The van der Waals surface area contributed by atoms with Crippen LogP contribution in [0.4, 0.5) is 5.95 Å². The molecule has 0 spiro atoms. The summed E-state index contributed by atoms with van der Waals surface area (Å²) in [6.45, 7) is 0. The number of carbonyl (C=O) groups is 1. The predicted molar refractivity (Wildman–Crippen MR) is 91.5 cm³/mol. The Morgan fingerprint density at radius 1 is 1.29 bits per heavy atom. The normalized spacial score (nSPS) is 13.9. The van der Waals surface area contributed by atoms with Gasteiger partial charge in [0.1, 0.15) is 10.8 Å². The first-order valence-electron chi connectivity index (χ1n) is 7.71. The van der Waals surface area contributed by atoms with Gasteiger partial charge in [0.15, 0.2) is 5.65 Å². The van der Waals surface area contributed by atoms with E-state index in [2.05, 4.69) is 15.4 Å². The molecule has 4 rings (SSSR count). The lowest BCUT2D eigenvalue weighted by Gasteiger charge is -2.05. The third-order valence-electron chi connectivity index (χ3n) is 3.77. The van der Waals surface area contributed by atoms with Crippen molar-refractivity contribution in [3.63, 3.8) is 0 Å². The fraction of sp³-hybridized carbons (Fsp3) is 0.235. The summed E-state index contributed by atoms with van der Waals surface area (Å²) in [5, 5.41) is 8.13. The van der Waals surface area contributed by atoms with Gasteiger partial charge in [-0.1, -0.05) is 23.9 Å². The molecule has 3 aromatic rings. The molecule has 2 heterocycles. The van der Waals surface area contributed by atoms with Crippen LogP contribution in [0.3, 0.4) is 0 Å². The first-order valence-corrected chi connectivity index (χ1v) is 8.53. The number of rotatable bonds is 5. The molecular formula is C17H16N4O2S. The van der Waals surface area contributed by atoms with Gasteiger partial charge >= 0.3 is 0 Å². The molecule has 7 heteroatoms. The summed E-state index contributed by atoms with van der Waals surface area (Å²) in [5.74, 6) is 1.30. The Morgan fingerprint density at radius 3 is 2.92 bits per heavy atom. The monoisotopic (exact) mass is 340 g/mol. The van der Waals surface area contributed by atoms with Crippen LogP contribution in [0.5, 0.6) is 5.75 Å². The van der Waals surface area contributed by atoms with E-state index in [1.807, 2.05) is 42.5 Å². The standard InChI is InChI=1S/C17H16N4O2S/c1-23-12-4-2-5-13(10-12)24-15-7-3-6-14-18-17(20-21(14)15)19-16(22)11-8-9-11/h2-7,10-11H,8-9H2,1H3,(H,19,20,22). The number of amides is 1. The zero-order valence-corrected chi connectivity index (χ0v) is 13.9. The minimum atomic E-state index is 0.00732. The summed E-state index contributed by atoms with van der Waals surface area (Å²) >= 11 is 1.57. The molecule has 6 nitrogen and oxygen atoms in total. The molecule has 1 aromatic carbocycles. The summed E-state index contributed by atoms with van der Waals surface area (Å²) in [5.41, 5.74) is 0.703. The highest BCUT2D eigenvalue weighted by Crippen LogP contribution is 2.31. The number of anilines is 1. The number of ether oxygens (including phenoxy) is 1. The van der Waals surface area contributed by atoms with Crippen molar-refractivity contribution in [2.45, 2.75) is 22.8 Å². The van der Waals surface area contributed by atoms with Gasteiger partial charge in [-0.25, -0.2) is 4.52 Å². The minimum Gasteiger partial charge on any atom is -0.497 e. The van der Waals surface area contributed by atoms with E-state index < -0.39 is 0 Å². The molecule has 1 aliphatic rings. The molecule has 122 valence electrons. The molecule has 0 atom stereocenters. The van der Waals surface area contributed by atoms with Gasteiger partial charge in [-0.3, -0.25) is 10.1 Å². The lowest BCUT2D eigenvalue weighted by atomic mass is 10.3. The second kappa shape index (κ2) is 6.16. The zero-order valence-electron chi connectivity index (χ0n) is 13.1. The lowest BCUT2D eigenvalue weighted by Crippen LogP contribution is -2.14. The number of benzene rings is 1. The molecule has 0 aliphatic heterocycles. The number of nitrogens with one attached hydrogen (secondary N) is 1. The Balaban J connectivity index is 1.62. The highest BCUT2D eigenvalue weighted by molar-refractivity contribution is 7.99. The van der Waals surface area contributed by atoms with Crippen LogP contribution in [0.15, 0.2) is 52.4 Å². The van der Waals surface area contributed by atoms with E-state index >= 15 is 0 Å². The maximum atomic E-state index is 11.9. The van der Waals surface area contributed by atoms with Gasteiger partial charge in [0.05, 0.1) is 7.11 Å². The number of fused-ring (bicyclic) bond motifs is 1. The number of hydrogen-bond donors (Lipinski definition) is 1. The summed E-state index contributed by atoms with van der Waals surface area (Å²) in [7, 11) is 1.65. The Labute approximate surface area is 143 Å². The topological polar surface area (TPSA) is 68.5 Å². The van der Waals surface area contributed by atoms with Gasteiger partial charge in [0.2, 0.25) is 11.9 Å². The highest BCUT2D eigenvalue weighted by atomic mass is 32.2. The lowest BCUT2D eigenvalue weighted by molar-refractivity contribution is -0.117. The smallest absolute Gasteiger partial charge is 0.249 e. The van der Waals surface area contributed by atoms with Crippen LogP contribution >= 0.6 is 11.8 Å². The second-order valence-electron chi connectivity index (χ2n) is 5.61. The van der Waals surface area contributed by atoms with Crippen molar-refractivity contribution in [1.29, 1.82) is 0 Å². The van der Waals surface area contributed by atoms with Gasteiger partial charge in [-0.15, -0.1) is 5.10 Å². The van der Waals surface area contributed by atoms with E-state index in [1.54, 1.807) is 23.4 Å². The molecule has 1 N–H and O–H groups in total. The number of hydrogen-bond acceptors (Lipinski definition) is 5. The third kappa shape index (κ3) is 3.07. The average molecular weight is 340 g/mol. The molecule has 1 fully saturated rings. The maximum absolute atomic E-state index is 11.9. The predicted octanol–water partition coefficient (Wildman–Crippen LogP) is 3.24. The summed E-state index contributed by atoms with van der Waals surface area (Å²) in [6, 6.07) is 13.6. The number of methoxy groups -OCH3 is 1. The number of pyridine rings is 1. The average Bonchev–Trinajstić information content (AvgIpc) is 3.36. The summed E-state index contributed by atoms with van der Waals surface area (Å²) in [6.07, 6.45) is 1.91. The van der Waals surface area contributed by atoms with E-state index in [-0.39, 0.29) is 11.8 Å². The van der Waals surface area contributed by atoms with Crippen molar-refractivity contribution in [2.75, 3.05) is 12.4 Å². The molecule has 1 amide bonds. The fourth-order valence-corrected chi connectivity index (χ4v) is 3.29. The quantitative estimate of drug-likeness (QED) is 0.772. The first-order chi connectivity index (χ1) is 11.7. The highest BCUT2D eigenvalue weighted by Gasteiger charge is 2.30. The number of aromatic nitrogens is 3. The molecule has 0 radical (unpaired) electrons. The second-order valence-corrected chi connectivity index (χ2v) is 6.71. The summed E-state index contributed by atoms with van der Waals surface area (Å²) < 4.78 is 7.00. The van der Waals surface area contributed by atoms with Gasteiger partial charge in [0, 0.05) is 10.8 Å². The van der Waals surface area contributed by atoms with Crippen LogP contribution < -0.4 is 10.1 Å². The van der Waals surface area contributed by atoms with E-state index in [1.165, 1.54) is 0 Å². The van der Waals surface area contributed by atoms with Crippen molar-refractivity contribution in [1.82, 2.24) is 14.6 Å². The Morgan fingerprint density at radius 2 is 2.12 bits per heavy atom. The van der Waals surface area contributed by atoms with Gasteiger partial charge in [-0.2, -0.15) is 4.98 Å². The molecule has 1 aliphatic carbocycles. The fourth-order valence-electron chi connectivity index (χ4n) is 2.35. The van der Waals surface area contributed by atoms with Crippen molar-refractivity contribution < 1.29 is 9.53 Å². The van der Waals surface area contributed by atoms with Crippen LogP contribution in [0.25, 0.3) is 5.65 Å².